The van der Waals surface area contributed by atoms with E-state index in [1.165, 1.54) is 12.1 Å². The van der Waals surface area contributed by atoms with Gasteiger partial charge < -0.3 is 14.7 Å². The van der Waals surface area contributed by atoms with E-state index in [9.17, 15) is 20.0 Å². The van der Waals surface area contributed by atoms with Gasteiger partial charge in [0.15, 0.2) is 0 Å². The fourth-order valence-corrected chi connectivity index (χ4v) is 2.35. The summed E-state index contributed by atoms with van der Waals surface area (Å²) in [5.41, 5.74) is -0.165. The van der Waals surface area contributed by atoms with Crippen molar-refractivity contribution in [3.63, 3.8) is 0 Å². The van der Waals surface area contributed by atoms with Crippen LogP contribution in [0.2, 0.25) is 0 Å². The van der Waals surface area contributed by atoms with Crippen molar-refractivity contribution >= 4 is 17.3 Å². The van der Waals surface area contributed by atoms with Crippen LogP contribution in [-0.4, -0.2) is 41.3 Å². The number of hydrogen-bond acceptors (Lipinski definition) is 5. The van der Waals surface area contributed by atoms with Gasteiger partial charge in [-0.1, -0.05) is 0 Å². The molecule has 7 nitrogen and oxygen atoms in total. The van der Waals surface area contributed by atoms with E-state index in [2.05, 4.69) is 0 Å². The number of aromatic carboxylic acids is 1. The second-order valence-electron chi connectivity index (χ2n) is 5.28. The van der Waals surface area contributed by atoms with Gasteiger partial charge in [0.25, 0.3) is 5.69 Å². The molecule has 1 fully saturated rings. The third-order valence-corrected chi connectivity index (χ3v) is 3.36. The zero-order chi connectivity index (χ0) is 14.9. The summed E-state index contributed by atoms with van der Waals surface area (Å²) in [5, 5.41) is 20.1. The Hall–Kier alpha value is -2.15. The number of hydrogen-bond donors (Lipinski definition) is 1. The van der Waals surface area contributed by atoms with Crippen LogP contribution in [0.15, 0.2) is 18.2 Å². The number of anilines is 1. The zero-order valence-corrected chi connectivity index (χ0v) is 11.3. The molecule has 20 heavy (non-hydrogen) atoms. The third-order valence-electron chi connectivity index (χ3n) is 3.36. The molecule has 1 N–H and O–H groups in total. The fourth-order valence-electron chi connectivity index (χ4n) is 2.35. The molecule has 108 valence electrons. The fraction of sp³-hybridized carbons (Fsp3) is 0.462. The highest BCUT2D eigenvalue weighted by Crippen LogP contribution is 2.32. The first kappa shape index (κ1) is 14.3. The summed E-state index contributed by atoms with van der Waals surface area (Å²) in [6, 6.07) is 3.92. The molecule has 1 heterocycles. The lowest BCUT2D eigenvalue weighted by Gasteiger charge is -2.44. The Morgan fingerprint density at radius 2 is 2.20 bits per heavy atom. The van der Waals surface area contributed by atoms with Crippen molar-refractivity contribution in [1.29, 1.82) is 0 Å². The van der Waals surface area contributed by atoms with Crippen molar-refractivity contribution < 1.29 is 19.6 Å². The Morgan fingerprint density at radius 3 is 2.75 bits per heavy atom. The summed E-state index contributed by atoms with van der Waals surface area (Å²) in [6.45, 7) is 5.41. The maximum absolute atomic E-state index is 11.4. The van der Waals surface area contributed by atoms with Crippen molar-refractivity contribution in [3.05, 3.63) is 33.9 Å². The van der Waals surface area contributed by atoms with Gasteiger partial charge in [-0.25, -0.2) is 4.79 Å². The molecule has 7 heteroatoms. The molecule has 0 radical (unpaired) electrons. The van der Waals surface area contributed by atoms with Crippen LogP contribution in [0.4, 0.5) is 11.4 Å². The van der Waals surface area contributed by atoms with Crippen LogP contribution in [0, 0.1) is 10.1 Å². The second-order valence-corrected chi connectivity index (χ2v) is 5.28. The van der Waals surface area contributed by atoms with Crippen molar-refractivity contribution in [3.8, 4) is 0 Å². The van der Waals surface area contributed by atoms with E-state index < -0.39 is 10.9 Å². The Balaban J connectivity index is 2.50. The van der Waals surface area contributed by atoms with E-state index in [0.29, 0.717) is 25.4 Å². The minimum Gasteiger partial charge on any atom is -0.478 e. The molecule has 1 aromatic rings. The lowest BCUT2D eigenvalue weighted by atomic mass is 9.99. The van der Waals surface area contributed by atoms with Crippen LogP contribution >= 0.6 is 0 Å². The van der Waals surface area contributed by atoms with Crippen LogP contribution in [-0.2, 0) is 4.74 Å². The highest BCUT2D eigenvalue weighted by Gasteiger charge is 2.33. The smallest absolute Gasteiger partial charge is 0.338 e. The molecule has 2 rings (SSSR count). The highest BCUT2D eigenvalue weighted by atomic mass is 16.6. The number of nitro groups is 1. The molecule has 1 aromatic carbocycles. The molecule has 0 bridgehead atoms. The number of nitro benzene ring substituents is 1. The topological polar surface area (TPSA) is 92.9 Å². The van der Waals surface area contributed by atoms with Crippen molar-refractivity contribution in [2.75, 3.05) is 24.7 Å². The quantitative estimate of drug-likeness (QED) is 0.671. The van der Waals surface area contributed by atoms with Gasteiger partial charge in [0.05, 0.1) is 34.9 Å². The van der Waals surface area contributed by atoms with Gasteiger partial charge in [0.2, 0.25) is 0 Å². The van der Waals surface area contributed by atoms with Crippen molar-refractivity contribution in [1.82, 2.24) is 0 Å². The van der Waals surface area contributed by atoms with E-state index >= 15 is 0 Å². The summed E-state index contributed by atoms with van der Waals surface area (Å²) < 4.78 is 5.40. The van der Waals surface area contributed by atoms with Gasteiger partial charge in [-0.15, -0.1) is 0 Å². The highest BCUT2D eigenvalue weighted by molar-refractivity contribution is 5.95. The SMILES string of the molecule is CC1(C)COCCN1c1ccc([N+](=O)[O-])cc1C(=O)O. The average molecular weight is 280 g/mol. The molecule has 1 saturated heterocycles. The summed E-state index contributed by atoms with van der Waals surface area (Å²) in [4.78, 5) is 23.5. The maximum Gasteiger partial charge on any atom is 0.338 e. The molecule has 1 aliphatic rings. The van der Waals surface area contributed by atoms with E-state index in [1.54, 1.807) is 0 Å². The minimum absolute atomic E-state index is 0.0609. The lowest BCUT2D eigenvalue weighted by molar-refractivity contribution is -0.384. The number of carboxylic acid groups (broad SMARTS) is 1. The Labute approximate surface area is 115 Å². The van der Waals surface area contributed by atoms with E-state index in [-0.39, 0.29) is 16.8 Å². The Kier molecular flexibility index (Phi) is 3.63. The van der Waals surface area contributed by atoms with Gasteiger partial charge in [0.1, 0.15) is 0 Å². The third kappa shape index (κ3) is 2.57. The standard InChI is InChI=1S/C13H16N2O5/c1-13(2)8-20-6-5-14(13)11-4-3-9(15(18)19)7-10(11)12(16)17/h3-4,7H,5-6,8H2,1-2H3,(H,16,17). The molecule has 0 aliphatic carbocycles. The molecule has 0 spiro atoms. The largest absolute Gasteiger partial charge is 0.478 e. The van der Waals surface area contributed by atoms with E-state index in [1.807, 2.05) is 18.7 Å². The number of benzene rings is 1. The molecule has 1 aliphatic heterocycles. The van der Waals surface area contributed by atoms with Crippen molar-refractivity contribution in [2.24, 2.45) is 0 Å². The molecule has 0 aromatic heterocycles. The Bertz CT molecular complexity index is 556. The van der Waals surface area contributed by atoms with E-state index in [4.69, 9.17) is 4.74 Å². The summed E-state index contributed by atoms with van der Waals surface area (Å²) >= 11 is 0. The number of ether oxygens (including phenoxy) is 1. The number of nitrogens with zero attached hydrogens (tertiary/aromatic N) is 2. The van der Waals surface area contributed by atoms with Crippen LogP contribution in [0.5, 0.6) is 0 Å². The molecule has 0 amide bonds. The van der Waals surface area contributed by atoms with Crippen molar-refractivity contribution in [2.45, 2.75) is 19.4 Å². The Morgan fingerprint density at radius 1 is 1.50 bits per heavy atom. The summed E-state index contributed by atoms with van der Waals surface area (Å²) in [7, 11) is 0. The maximum atomic E-state index is 11.4. The van der Waals surface area contributed by atoms with Gasteiger partial charge in [-0.3, -0.25) is 10.1 Å². The molecular formula is C13H16N2O5. The molecule has 0 saturated carbocycles. The van der Waals surface area contributed by atoms with Gasteiger partial charge >= 0.3 is 5.97 Å². The normalized spacial score (nSPS) is 17.8. The average Bonchev–Trinajstić information content (AvgIpc) is 2.37. The van der Waals surface area contributed by atoms with Gasteiger partial charge in [0, 0.05) is 18.7 Å². The monoisotopic (exact) mass is 280 g/mol. The number of morpholine rings is 1. The van der Waals surface area contributed by atoms with Crippen LogP contribution < -0.4 is 4.90 Å². The first-order valence-electron chi connectivity index (χ1n) is 6.20. The summed E-state index contributed by atoms with van der Waals surface area (Å²) in [6.07, 6.45) is 0. The first-order chi connectivity index (χ1) is 9.33. The predicted molar refractivity (Wildman–Crippen MR) is 72.3 cm³/mol. The number of carboxylic acids is 1. The number of rotatable bonds is 3. The predicted octanol–water partition coefficient (Wildman–Crippen LogP) is 1.91. The van der Waals surface area contributed by atoms with Crippen LogP contribution in [0.1, 0.15) is 24.2 Å². The summed E-state index contributed by atoms with van der Waals surface area (Å²) in [5.74, 6) is -1.18. The molecular weight excluding hydrogens is 264 g/mol. The van der Waals surface area contributed by atoms with Crippen LogP contribution in [0.25, 0.3) is 0 Å². The van der Waals surface area contributed by atoms with Crippen LogP contribution in [0.3, 0.4) is 0 Å². The number of carbonyl (C=O) groups is 1. The zero-order valence-electron chi connectivity index (χ0n) is 11.3. The molecule has 0 atom stereocenters. The number of non-ortho nitro benzene ring substituents is 1. The minimum atomic E-state index is -1.18. The van der Waals surface area contributed by atoms with E-state index in [0.717, 1.165) is 6.07 Å². The lowest BCUT2D eigenvalue weighted by Crippen LogP contribution is -2.53. The van der Waals surface area contributed by atoms with Gasteiger partial charge in [-0.05, 0) is 19.9 Å². The van der Waals surface area contributed by atoms with Gasteiger partial charge in [-0.2, -0.15) is 0 Å². The first-order valence-corrected chi connectivity index (χ1v) is 6.20. The molecule has 0 unspecified atom stereocenters. The second kappa shape index (κ2) is 5.09.